The summed E-state index contributed by atoms with van der Waals surface area (Å²) < 4.78 is 38.0. The second-order valence-electron chi connectivity index (χ2n) is 5.34. The van der Waals surface area contributed by atoms with E-state index in [0.29, 0.717) is 25.9 Å². The van der Waals surface area contributed by atoms with E-state index in [1.807, 2.05) is 0 Å². The van der Waals surface area contributed by atoms with Gasteiger partial charge in [-0.15, -0.1) is 0 Å². The molecule has 0 radical (unpaired) electrons. The molecule has 0 bridgehead atoms. The number of unbranched alkanes of at least 4 members (excludes halogenated alkanes) is 1. The molecular weight excluding hydrogens is 326 g/mol. The van der Waals surface area contributed by atoms with Gasteiger partial charge in [0, 0.05) is 13.2 Å². The Hall–Kier alpha value is -1.16. The number of hydrogen-bond donors (Lipinski definition) is 1. The average molecular weight is 351 g/mol. The fourth-order valence-corrected chi connectivity index (χ4v) is 2.95. The van der Waals surface area contributed by atoms with E-state index in [2.05, 4.69) is 6.58 Å². The van der Waals surface area contributed by atoms with Gasteiger partial charge in [-0.2, -0.15) is 8.42 Å². The zero-order chi connectivity index (χ0) is 17.3. The lowest BCUT2D eigenvalue weighted by atomic mass is 10.2. The second kappa shape index (κ2) is 9.86. The van der Waals surface area contributed by atoms with Gasteiger partial charge in [0.2, 0.25) is 0 Å². The molecular formula is C14H25NO7S. The molecule has 0 aromatic rings. The van der Waals surface area contributed by atoms with Crippen LogP contribution in [0.5, 0.6) is 0 Å². The minimum absolute atomic E-state index is 0.0804. The summed E-state index contributed by atoms with van der Waals surface area (Å²) in [5, 5.41) is 8.71. The van der Waals surface area contributed by atoms with Gasteiger partial charge >= 0.3 is 6.09 Å². The number of aliphatic hydroxyl groups is 1. The van der Waals surface area contributed by atoms with Crippen molar-refractivity contribution in [2.75, 3.05) is 39.2 Å². The highest BCUT2D eigenvalue weighted by molar-refractivity contribution is 7.86. The van der Waals surface area contributed by atoms with Gasteiger partial charge in [0.05, 0.1) is 31.6 Å². The van der Waals surface area contributed by atoms with Crippen LogP contribution in [0.15, 0.2) is 12.7 Å². The second-order valence-corrected chi connectivity index (χ2v) is 6.94. The summed E-state index contributed by atoms with van der Waals surface area (Å²) in [7, 11) is -3.59. The van der Waals surface area contributed by atoms with E-state index in [1.165, 1.54) is 11.0 Å². The number of hydrogen-bond acceptors (Lipinski definition) is 7. The van der Waals surface area contributed by atoms with Crippen molar-refractivity contribution < 1.29 is 32.0 Å². The Kier molecular flexibility index (Phi) is 8.53. The highest BCUT2D eigenvalue weighted by atomic mass is 32.2. The number of carbonyl (C=O) groups is 1. The molecule has 1 aliphatic rings. The molecule has 1 aliphatic heterocycles. The van der Waals surface area contributed by atoms with Crippen molar-refractivity contribution in [3.63, 3.8) is 0 Å². The maximum atomic E-state index is 12.0. The molecule has 1 saturated heterocycles. The number of nitrogens with zero attached hydrogens (tertiary/aromatic N) is 1. The SMILES string of the molecule is C=CCOC(=O)N1C[C@H](OS(C)(=O)=O)C[C@H]1COCCCCO. The Morgan fingerprint density at radius 2 is 2.17 bits per heavy atom. The van der Waals surface area contributed by atoms with Crippen LogP contribution >= 0.6 is 0 Å². The molecule has 0 saturated carbocycles. The highest BCUT2D eigenvalue weighted by Gasteiger charge is 2.38. The van der Waals surface area contributed by atoms with Gasteiger partial charge in [-0.05, 0) is 19.3 Å². The van der Waals surface area contributed by atoms with Crippen LogP contribution in [0.3, 0.4) is 0 Å². The first-order chi connectivity index (χ1) is 10.9. The monoisotopic (exact) mass is 351 g/mol. The van der Waals surface area contributed by atoms with E-state index in [4.69, 9.17) is 18.8 Å². The van der Waals surface area contributed by atoms with Crippen LogP contribution in [-0.2, 0) is 23.8 Å². The molecule has 1 amide bonds. The predicted octanol–water partition coefficient (Wildman–Crippen LogP) is 0.517. The summed E-state index contributed by atoms with van der Waals surface area (Å²) in [6.45, 7) is 4.52. The summed E-state index contributed by atoms with van der Waals surface area (Å²) in [4.78, 5) is 13.4. The zero-order valence-electron chi connectivity index (χ0n) is 13.3. The molecule has 9 heteroatoms. The fraction of sp³-hybridized carbons (Fsp3) is 0.786. The standard InChI is InChI=1S/C14H25NO7S/c1-3-7-21-14(17)15-10-13(22-23(2,18)19)9-12(15)11-20-8-5-4-6-16/h3,12-13,16H,1,4-11H2,2H3/t12-,13+/m0/s1. The number of likely N-dealkylation sites (tertiary alicyclic amines) is 1. The lowest BCUT2D eigenvalue weighted by molar-refractivity contribution is 0.0593. The molecule has 2 atom stereocenters. The van der Waals surface area contributed by atoms with Crippen molar-refractivity contribution in [3.05, 3.63) is 12.7 Å². The lowest BCUT2D eigenvalue weighted by Gasteiger charge is -2.23. The summed E-state index contributed by atoms with van der Waals surface area (Å²) in [5.41, 5.74) is 0. The van der Waals surface area contributed by atoms with Crippen molar-refractivity contribution in [1.29, 1.82) is 0 Å². The minimum Gasteiger partial charge on any atom is -0.445 e. The van der Waals surface area contributed by atoms with E-state index < -0.39 is 22.3 Å². The molecule has 1 N–H and O–H groups in total. The third-order valence-electron chi connectivity index (χ3n) is 3.25. The molecule has 0 aromatic heterocycles. The van der Waals surface area contributed by atoms with E-state index in [9.17, 15) is 13.2 Å². The predicted molar refractivity (Wildman–Crippen MR) is 83.5 cm³/mol. The molecule has 0 unspecified atom stereocenters. The summed E-state index contributed by atoms with van der Waals surface area (Å²) in [5.74, 6) is 0. The van der Waals surface area contributed by atoms with Crippen LogP contribution in [0.25, 0.3) is 0 Å². The van der Waals surface area contributed by atoms with E-state index >= 15 is 0 Å². The third-order valence-corrected chi connectivity index (χ3v) is 3.87. The Morgan fingerprint density at radius 1 is 1.43 bits per heavy atom. The van der Waals surface area contributed by atoms with Crippen LogP contribution in [0, 0.1) is 0 Å². The number of ether oxygens (including phenoxy) is 2. The van der Waals surface area contributed by atoms with Crippen LogP contribution in [0.1, 0.15) is 19.3 Å². The highest BCUT2D eigenvalue weighted by Crippen LogP contribution is 2.23. The van der Waals surface area contributed by atoms with E-state index in [1.54, 1.807) is 0 Å². The van der Waals surface area contributed by atoms with Gasteiger partial charge in [-0.3, -0.25) is 4.18 Å². The normalized spacial score (nSPS) is 21.4. The first kappa shape index (κ1) is 19.9. The maximum Gasteiger partial charge on any atom is 0.410 e. The number of carbonyl (C=O) groups excluding carboxylic acids is 1. The van der Waals surface area contributed by atoms with Gasteiger partial charge in [-0.25, -0.2) is 4.79 Å². The number of amides is 1. The molecule has 134 valence electrons. The van der Waals surface area contributed by atoms with Gasteiger partial charge in [0.25, 0.3) is 10.1 Å². The topological polar surface area (TPSA) is 102 Å². The van der Waals surface area contributed by atoms with Crippen molar-refractivity contribution in [2.45, 2.75) is 31.4 Å². The van der Waals surface area contributed by atoms with Gasteiger partial charge < -0.3 is 19.5 Å². The zero-order valence-corrected chi connectivity index (χ0v) is 14.2. The molecule has 1 rings (SSSR count). The van der Waals surface area contributed by atoms with Crippen LogP contribution in [0.4, 0.5) is 4.79 Å². The molecule has 1 fully saturated rings. The Bertz CT molecular complexity index is 480. The molecule has 1 heterocycles. The van der Waals surface area contributed by atoms with Crippen LogP contribution in [0.2, 0.25) is 0 Å². The Morgan fingerprint density at radius 3 is 2.78 bits per heavy atom. The van der Waals surface area contributed by atoms with Gasteiger partial charge in [-0.1, -0.05) is 12.7 Å². The van der Waals surface area contributed by atoms with Gasteiger partial charge in [0.1, 0.15) is 6.61 Å². The van der Waals surface area contributed by atoms with Crippen LogP contribution in [-0.4, -0.2) is 75.9 Å². The summed E-state index contributed by atoms with van der Waals surface area (Å²) >= 11 is 0. The van der Waals surface area contributed by atoms with E-state index in [-0.39, 0.29) is 32.4 Å². The third kappa shape index (κ3) is 7.78. The van der Waals surface area contributed by atoms with Crippen LogP contribution < -0.4 is 0 Å². The first-order valence-corrected chi connectivity index (χ1v) is 9.30. The van der Waals surface area contributed by atoms with Crippen molar-refractivity contribution in [3.8, 4) is 0 Å². The molecule has 0 spiro atoms. The molecule has 0 aromatic carbocycles. The molecule has 0 aliphatic carbocycles. The maximum absolute atomic E-state index is 12.0. The first-order valence-electron chi connectivity index (χ1n) is 7.48. The largest absolute Gasteiger partial charge is 0.445 e. The quantitative estimate of drug-likeness (QED) is 0.348. The summed E-state index contributed by atoms with van der Waals surface area (Å²) in [6.07, 6.45) is 3.00. The fourth-order valence-electron chi connectivity index (χ4n) is 2.32. The number of rotatable bonds is 10. The van der Waals surface area contributed by atoms with Crippen molar-refractivity contribution in [2.24, 2.45) is 0 Å². The molecule has 8 nitrogen and oxygen atoms in total. The Labute approximate surface area is 137 Å². The van der Waals surface area contributed by atoms with Crippen molar-refractivity contribution >= 4 is 16.2 Å². The average Bonchev–Trinajstić information content (AvgIpc) is 2.85. The number of aliphatic hydroxyl groups excluding tert-OH is 1. The van der Waals surface area contributed by atoms with Gasteiger partial charge in [0.15, 0.2) is 0 Å². The summed E-state index contributed by atoms with van der Waals surface area (Å²) in [6, 6.07) is -0.312. The van der Waals surface area contributed by atoms with E-state index in [0.717, 1.165) is 6.26 Å². The Balaban J connectivity index is 2.57. The molecule has 23 heavy (non-hydrogen) atoms. The smallest absolute Gasteiger partial charge is 0.410 e. The lowest BCUT2D eigenvalue weighted by Crippen LogP contribution is -2.39. The van der Waals surface area contributed by atoms with Crippen molar-refractivity contribution in [1.82, 2.24) is 4.90 Å². The minimum atomic E-state index is -3.59.